The lowest BCUT2D eigenvalue weighted by molar-refractivity contribution is -0.119. The standard InChI is InChI=1S/C19H15ClF3N5O2/c1-9-3-16(12(20)5-13(9)21)26-19(30)11-4-17(15(23)6-14(11)22)27-18(29)10(2)28-8-24-7-25-28/h3-8,10H,1-2H3,(H,26,30)(H,27,29). The number of aryl methyl sites for hydroxylation is 1. The molecule has 0 radical (unpaired) electrons. The Morgan fingerprint density at radius 1 is 1.03 bits per heavy atom. The van der Waals surface area contributed by atoms with Crippen LogP contribution in [-0.2, 0) is 4.79 Å². The molecule has 0 aliphatic rings. The van der Waals surface area contributed by atoms with Gasteiger partial charge in [0.15, 0.2) is 0 Å². The molecule has 30 heavy (non-hydrogen) atoms. The van der Waals surface area contributed by atoms with Gasteiger partial charge in [0.2, 0.25) is 5.91 Å². The van der Waals surface area contributed by atoms with Gasteiger partial charge in [-0.2, -0.15) is 5.10 Å². The number of hydrogen-bond acceptors (Lipinski definition) is 4. The van der Waals surface area contributed by atoms with Crippen molar-refractivity contribution in [2.75, 3.05) is 10.6 Å². The van der Waals surface area contributed by atoms with Crippen molar-refractivity contribution >= 4 is 34.8 Å². The summed E-state index contributed by atoms with van der Waals surface area (Å²) < 4.78 is 43.1. The molecule has 1 unspecified atom stereocenters. The van der Waals surface area contributed by atoms with Gasteiger partial charge in [-0.25, -0.2) is 22.8 Å². The maximum absolute atomic E-state index is 14.2. The Bertz CT molecular complexity index is 1120. The number of carbonyl (C=O) groups is 2. The summed E-state index contributed by atoms with van der Waals surface area (Å²) >= 11 is 5.90. The van der Waals surface area contributed by atoms with Gasteiger partial charge in [0.05, 0.1) is 22.0 Å². The van der Waals surface area contributed by atoms with Crippen molar-refractivity contribution in [3.63, 3.8) is 0 Å². The van der Waals surface area contributed by atoms with Gasteiger partial charge >= 0.3 is 0 Å². The summed E-state index contributed by atoms with van der Waals surface area (Å²) in [6.07, 6.45) is 2.53. The van der Waals surface area contributed by atoms with Crippen molar-refractivity contribution in [1.29, 1.82) is 0 Å². The third kappa shape index (κ3) is 4.43. The van der Waals surface area contributed by atoms with E-state index in [9.17, 15) is 22.8 Å². The first kappa shape index (κ1) is 21.3. The highest BCUT2D eigenvalue weighted by molar-refractivity contribution is 6.34. The lowest BCUT2D eigenvalue weighted by atomic mass is 10.1. The van der Waals surface area contributed by atoms with Crippen LogP contribution >= 0.6 is 11.6 Å². The van der Waals surface area contributed by atoms with Crippen LogP contribution in [0.1, 0.15) is 28.9 Å². The lowest BCUT2D eigenvalue weighted by Gasteiger charge is -2.14. The van der Waals surface area contributed by atoms with Crippen LogP contribution in [-0.4, -0.2) is 26.6 Å². The zero-order valence-electron chi connectivity index (χ0n) is 15.7. The van der Waals surface area contributed by atoms with Crippen LogP contribution in [0, 0.1) is 24.4 Å². The molecule has 2 amide bonds. The molecule has 1 aromatic heterocycles. The molecule has 0 saturated heterocycles. The minimum atomic E-state index is -1.15. The number of rotatable bonds is 5. The number of anilines is 2. The Morgan fingerprint density at radius 3 is 2.43 bits per heavy atom. The largest absolute Gasteiger partial charge is 0.322 e. The van der Waals surface area contributed by atoms with Crippen molar-refractivity contribution in [3.8, 4) is 0 Å². The van der Waals surface area contributed by atoms with Gasteiger partial charge in [-0.05, 0) is 37.6 Å². The highest BCUT2D eigenvalue weighted by Crippen LogP contribution is 2.27. The first-order valence-corrected chi connectivity index (χ1v) is 8.96. The first-order valence-electron chi connectivity index (χ1n) is 8.58. The summed E-state index contributed by atoms with van der Waals surface area (Å²) in [6.45, 7) is 2.96. The van der Waals surface area contributed by atoms with Gasteiger partial charge in [0, 0.05) is 6.07 Å². The van der Waals surface area contributed by atoms with E-state index in [4.69, 9.17) is 11.6 Å². The monoisotopic (exact) mass is 437 g/mol. The van der Waals surface area contributed by atoms with Crippen LogP contribution in [0.3, 0.4) is 0 Å². The zero-order chi connectivity index (χ0) is 22.0. The van der Waals surface area contributed by atoms with Crippen LogP contribution in [0.25, 0.3) is 0 Å². The molecule has 2 aromatic carbocycles. The molecular formula is C19H15ClF3N5O2. The lowest BCUT2D eigenvalue weighted by Crippen LogP contribution is -2.25. The normalized spacial score (nSPS) is 11.8. The predicted octanol–water partition coefficient (Wildman–Crippen LogP) is 4.11. The summed E-state index contributed by atoms with van der Waals surface area (Å²) in [5, 5.41) is 8.36. The molecule has 11 heteroatoms. The molecule has 156 valence electrons. The number of hydrogen-bond donors (Lipinski definition) is 2. The van der Waals surface area contributed by atoms with E-state index >= 15 is 0 Å². The molecule has 0 aliphatic carbocycles. The van der Waals surface area contributed by atoms with Gasteiger partial charge in [0.1, 0.15) is 36.1 Å². The summed E-state index contributed by atoms with van der Waals surface area (Å²) in [7, 11) is 0. The second-order valence-electron chi connectivity index (χ2n) is 6.39. The Balaban J connectivity index is 1.85. The quantitative estimate of drug-likeness (QED) is 0.628. The number of nitrogens with zero attached hydrogens (tertiary/aromatic N) is 3. The van der Waals surface area contributed by atoms with E-state index in [0.29, 0.717) is 6.07 Å². The van der Waals surface area contributed by atoms with Crippen LogP contribution in [0.2, 0.25) is 5.02 Å². The predicted molar refractivity (Wildman–Crippen MR) is 104 cm³/mol. The molecule has 0 saturated carbocycles. The Kier molecular flexibility index (Phi) is 6.06. The number of aromatic nitrogens is 3. The van der Waals surface area contributed by atoms with Crippen LogP contribution < -0.4 is 10.6 Å². The van der Waals surface area contributed by atoms with Crippen molar-refractivity contribution < 1.29 is 22.8 Å². The topological polar surface area (TPSA) is 88.9 Å². The second-order valence-corrected chi connectivity index (χ2v) is 6.80. The maximum Gasteiger partial charge on any atom is 0.258 e. The van der Waals surface area contributed by atoms with Gasteiger partial charge < -0.3 is 10.6 Å². The average molecular weight is 438 g/mol. The average Bonchev–Trinajstić information content (AvgIpc) is 3.22. The minimum Gasteiger partial charge on any atom is -0.322 e. The molecule has 0 spiro atoms. The van der Waals surface area contributed by atoms with Gasteiger partial charge in [-0.3, -0.25) is 9.59 Å². The summed E-state index contributed by atoms with van der Waals surface area (Å²) in [5.74, 6) is -4.41. The highest BCUT2D eigenvalue weighted by Gasteiger charge is 2.21. The molecule has 0 bridgehead atoms. The van der Waals surface area contributed by atoms with Gasteiger partial charge in [-0.15, -0.1) is 0 Å². The van der Waals surface area contributed by atoms with Crippen LogP contribution in [0.15, 0.2) is 36.9 Å². The number of halogens is 4. The number of benzene rings is 2. The molecule has 7 nitrogen and oxygen atoms in total. The summed E-state index contributed by atoms with van der Waals surface area (Å²) in [6, 6.07) is 2.78. The zero-order valence-corrected chi connectivity index (χ0v) is 16.5. The van der Waals surface area contributed by atoms with Crippen molar-refractivity contribution in [3.05, 3.63) is 70.5 Å². The maximum atomic E-state index is 14.2. The Morgan fingerprint density at radius 2 is 1.77 bits per heavy atom. The fourth-order valence-electron chi connectivity index (χ4n) is 2.54. The molecule has 0 aliphatic heterocycles. The van der Waals surface area contributed by atoms with Crippen LogP contribution in [0.4, 0.5) is 24.5 Å². The molecule has 3 rings (SSSR count). The second kappa shape index (κ2) is 8.54. The number of carbonyl (C=O) groups excluding carboxylic acids is 2. The van der Waals surface area contributed by atoms with Crippen molar-refractivity contribution in [2.45, 2.75) is 19.9 Å². The van der Waals surface area contributed by atoms with E-state index in [-0.39, 0.29) is 16.3 Å². The van der Waals surface area contributed by atoms with E-state index in [2.05, 4.69) is 20.7 Å². The molecule has 1 heterocycles. The molecule has 1 atom stereocenters. The Hall–Kier alpha value is -3.40. The van der Waals surface area contributed by atoms with E-state index in [1.807, 2.05) is 0 Å². The van der Waals surface area contributed by atoms with Gasteiger partial charge in [0.25, 0.3) is 5.91 Å². The molecule has 0 fully saturated rings. The van der Waals surface area contributed by atoms with E-state index in [1.165, 1.54) is 37.3 Å². The third-order valence-corrected chi connectivity index (χ3v) is 4.58. The smallest absolute Gasteiger partial charge is 0.258 e. The summed E-state index contributed by atoms with van der Waals surface area (Å²) in [5.41, 5.74) is -0.683. The fraction of sp³-hybridized carbons (Fsp3) is 0.158. The van der Waals surface area contributed by atoms with E-state index in [1.54, 1.807) is 0 Å². The number of nitrogens with one attached hydrogen (secondary N) is 2. The number of amides is 2. The third-order valence-electron chi connectivity index (χ3n) is 4.27. The van der Waals surface area contributed by atoms with Crippen molar-refractivity contribution in [2.24, 2.45) is 0 Å². The minimum absolute atomic E-state index is 0.0506. The first-order chi connectivity index (χ1) is 14.2. The molecular weight excluding hydrogens is 423 g/mol. The van der Waals surface area contributed by atoms with Gasteiger partial charge in [-0.1, -0.05) is 11.6 Å². The summed E-state index contributed by atoms with van der Waals surface area (Å²) in [4.78, 5) is 28.5. The van der Waals surface area contributed by atoms with E-state index < -0.39 is 46.6 Å². The van der Waals surface area contributed by atoms with Crippen molar-refractivity contribution in [1.82, 2.24) is 14.8 Å². The SMILES string of the molecule is Cc1cc(NC(=O)c2cc(NC(=O)C(C)n3cncn3)c(F)cc2F)c(Cl)cc1F. The fourth-order valence-corrected chi connectivity index (χ4v) is 2.73. The molecule has 2 N–H and O–H groups in total. The molecule has 3 aromatic rings. The van der Waals surface area contributed by atoms with E-state index in [0.717, 1.165) is 12.1 Å². The Labute approximate surface area is 173 Å². The van der Waals surface area contributed by atoms with Crippen LogP contribution in [0.5, 0.6) is 0 Å². The highest BCUT2D eigenvalue weighted by atomic mass is 35.5.